The fourth-order valence-corrected chi connectivity index (χ4v) is 12.0. The summed E-state index contributed by atoms with van der Waals surface area (Å²) >= 11 is 0. The summed E-state index contributed by atoms with van der Waals surface area (Å²) in [5.74, 6) is 1.13. The number of carboxylic acids is 1. The Hall–Kier alpha value is -1.40. The fourth-order valence-electron chi connectivity index (χ4n) is 12.0. The summed E-state index contributed by atoms with van der Waals surface area (Å²) < 4.78 is 10.9. The lowest BCUT2D eigenvalue weighted by molar-refractivity contribution is -0.250. The zero-order valence-electron chi connectivity index (χ0n) is 25.9. The second kappa shape index (κ2) is 10.1. The van der Waals surface area contributed by atoms with Crippen molar-refractivity contribution in [1.82, 2.24) is 0 Å². The topological polar surface area (TPSA) is 93.1 Å². The normalized spacial score (nSPS) is 47.3. The van der Waals surface area contributed by atoms with Crippen LogP contribution < -0.4 is 0 Å². The summed E-state index contributed by atoms with van der Waals surface area (Å²) in [6, 6.07) is 0. The van der Waals surface area contributed by atoms with Gasteiger partial charge in [-0.3, -0.25) is 0 Å². The van der Waals surface area contributed by atoms with Gasteiger partial charge in [0.05, 0.1) is 12.7 Å². The average Bonchev–Trinajstić information content (AvgIpc) is 3.26. The van der Waals surface area contributed by atoms with Gasteiger partial charge in [-0.15, -0.1) is 0 Å². The standard InChI is InChI=1S/C34H54O6/c1-21(2)22-10-15-34(20-40-28(38)19-39-18-27(36)37)17-16-32(6)23(29(22)34)8-9-25-31(5)13-12-26(35)30(3,4)24(31)11-14-33(25,32)7/h22-26,29,35H,1,8-20H2,2-7H3,(H,36,37). The Kier molecular flexibility index (Phi) is 7.60. The zero-order valence-corrected chi connectivity index (χ0v) is 25.9. The lowest BCUT2D eigenvalue weighted by Crippen LogP contribution is -2.66. The van der Waals surface area contributed by atoms with E-state index >= 15 is 0 Å². The van der Waals surface area contributed by atoms with Crippen molar-refractivity contribution in [1.29, 1.82) is 0 Å². The molecule has 10 atom stereocenters. The SMILES string of the molecule is C=C(C)C1CCC2(COC(=O)COCC(=O)O)CCC3(C)C(CCC4C5(C)CCC(O)C(C)(C)C5CCC43C)C12. The van der Waals surface area contributed by atoms with Crippen LogP contribution in [-0.4, -0.2) is 48.1 Å². The van der Waals surface area contributed by atoms with Crippen LogP contribution in [0.3, 0.4) is 0 Å². The molecule has 0 aromatic heterocycles. The number of esters is 1. The Labute approximate surface area is 241 Å². The Morgan fingerprint density at radius 3 is 2.25 bits per heavy atom. The summed E-state index contributed by atoms with van der Waals surface area (Å²) in [5.41, 5.74) is 1.89. The van der Waals surface area contributed by atoms with Crippen molar-refractivity contribution in [2.45, 2.75) is 112 Å². The van der Waals surface area contributed by atoms with Crippen molar-refractivity contribution in [3.63, 3.8) is 0 Å². The monoisotopic (exact) mass is 558 g/mol. The number of allylic oxidation sites excluding steroid dienone is 1. The molecule has 0 aromatic rings. The molecule has 5 fully saturated rings. The minimum absolute atomic E-state index is 0.0393. The van der Waals surface area contributed by atoms with Crippen molar-refractivity contribution in [3.8, 4) is 0 Å². The Morgan fingerprint density at radius 1 is 0.850 bits per heavy atom. The molecule has 5 aliphatic rings. The van der Waals surface area contributed by atoms with Gasteiger partial charge in [0, 0.05) is 5.41 Å². The van der Waals surface area contributed by atoms with Gasteiger partial charge in [-0.1, -0.05) is 46.8 Å². The average molecular weight is 559 g/mol. The number of carbonyl (C=O) groups excluding carboxylic acids is 1. The van der Waals surface area contributed by atoms with Gasteiger partial charge in [0.15, 0.2) is 0 Å². The Bertz CT molecular complexity index is 1040. The van der Waals surface area contributed by atoms with Gasteiger partial charge in [0.2, 0.25) is 0 Å². The molecule has 5 aliphatic carbocycles. The van der Waals surface area contributed by atoms with E-state index in [1.165, 1.54) is 31.3 Å². The van der Waals surface area contributed by atoms with E-state index in [-0.39, 0.29) is 39.8 Å². The van der Waals surface area contributed by atoms with Crippen molar-refractivity contribution in [2.75, 3.05) is 19.8 Å². The maximum atomic E-state index is 12.5. The number of aliphatic carboxylic acids is 1. The predicted molar refractivity (Wildman–Crippen MR) is 154 cm³/mol. The molecular weight excluding hydrogens is 504 g/mol. The predicted octanol–water partition coefficient (Wildman–Crippen LogP) is 6.65. The van der Waals surface area contributed by atoms with Gasteiger partial charge in [-0.25, -0.2) is 9.59 Å². The molecule has 226 valence electrons. The van der Waals surface area contributed by atoms with Gasteiger partial charge in [-0.05, 0) is 122 Å². The number of fused-ring (bicyclic) bond motifs is 7. The van der Waals surface area contributed by atoms with Crippen LogP contribution in [-0.2, 0) is 19.1 Å². The van der Waals surface area contributed by atoms with Crippen molar-refractivity contribution >= 4 is 11.9 Å². The number of rotatable bonds is 7. The highest BCUT2D eigenvalue weighted by Crippen LogP contribution is 2.77. The third-order valence-electron chi connectivity index (χ3n) is 14.2. The number of carbonyl (C=O) groups is 2. The Morgan fingerprint density at radius 2 is 1.57 bits per heavy atom. The van der Waals surface area contributed by atoms with E-state index in [1.54, 1.807) is 0 Å². The van der Waals surface area contributed by atoms with E-state index in [4.69, 9.17) is 14.6 Å². The number of aliphatic hydroxyl groups is 1. The summed E-state index contributed by atoms with van der Waals surface area (Å²) in [5, 5.41) is 19.8. The molecule has 6 nitrogen and oxygen atoms in total. The molecule has 10 unspecified atom stereocenters. The van der Waals surface area contributed by atoms with Gasteiger partial charge in [0.1, 0.15) is 13.2 Å². The van der Waals surface area contributed by atoms with Crippen molar-refractivity contribution < 1.29 is 29.3 Å². The summed E-state index contributed by atoms with van der Waals surface area (Å²) in [6.07, 6.45) is 11.1. The van der Waals surface area contributed by atoms with Crippen LogP contribution in [0.5, 0.6) is 0 Å². The molecule has 0 saturated heterocycles. The van der Waals surface area contributed by atoms with Crippen molar-refractivity contribution in [2.24, 2.45) is 56.7 Å². The number of hydrogen-bond donors (Lipinski definition) is 2. The first-order valence-electron chi connectivity index (χ1n) is 15.9. The first-order valence-corrected chi connectivity index (χ1v) is 15.9. The molecule has 0 spiro atoms. The summed E-state index contributed by atoms with van der Waals surface area (Å²) in [4.78, 5) is 23.3. The van der Waals surface area contributed by atoms with E-state index < -0.39 is 18.5 Å². The molecule has 0 heterocycles. The molecule has 6 heteroatoms. The Balaban J connectivity index is 1.42. The lowest BCUT2D eigenvalue weighted by Gasteiger charge is -2.73. The van der Waals surface area contributed by atoms with Crippen LogP contribution in [0.2, 0.25) is 0 Å². The first kappa shape index (κ1) is 30.1. The smallest absolute Gasteiger partial charge is 0.332 e. The van der Waals surface area contributed by atoms with Crippen LogP contribution in [0.1, 0.15) is 106 Å². The summed E-state index contributed by atoms with van der Waals surface area (Å²) in [6.45, 7) is 18.7. The van der Waals surface area contributed by atoms with E-state index in [1.807, 2.05) is 0 Å². The molecule has 0 aliphatic heterocycles. The molecule has 0 aromatic carbocycles. The number of carboxylic acid groups (broad SMARTS) is 1. The molecular formula is C34H54O6. The minimum atomic E-state index is -1.09. The van der Waals surface area contributed by atoms with E-state index in [2.05, 4.69) is 48.1 Å². The number of aliphatic hydroxyl groups excluding tert-OH is 1. The highest BCUT2D eigenvalue weighted by Gasteiger charge is 2.71. The molecule has 0 bridgehead atoms. The van der Waals surface area contributed by atoms with Crippen LogP contribution in [0.25, 0.3) is 0 Å². The van der Waals surface area contributed by atoms with Gasteiger partial charge >= 0.3 is 11.9 Å². The highest BCUT2D eigenvalue weighted by atomic mass is 16.6. The van der Waals surface area contributed by atoms with E-state index in [0.29, 0.717) is 36.2 Å². The quantitative estimate of drug-likeness (QED) is 0.268. The molecule has 0 amide bonds. The first-order chi connectivity index (χ1) is 18.6. The molecule has 2 N–H and O–H groups in total. The molecule has 0 radical (unpaired) electrons. The summed E-state index contributed by atoms with van der Waals surface area (Å²) in [7, 11) is 0. The van der Waals surface area contributed by atoms with Crippen LogP contribution in [0.15, 0.2) is 12.2 Å². The van der Waals surface area contributed by atoms with Gasteiger partial charge in [-0.2, -0.15) is 0 Å². The number of ether oxygens (including phenoxy) is 2. The largest absolute Gasteiger partial charge is 0.480 e. The molecule has 40 heavy (non-hydrogen) atoms. The maximum Gasteiger partial charge on any atom is 0.332 e. The molecule has 5 rings (SSSR count). The molecule has 5 saturated carbocycles. The van der Waals surface area contributed by atoms with E-state index in [9.17, 15) is 14.7 Å². The van der Waals surface area contributed by atoms with Gasteiger partial charge < -0.3 is 19.7 Å². The van der Waals surface area contributed by atoms with Crippen LogP contribution in [0, 0.1) is 56.7 Å². The van der Waals surface area contributed by atoms with Gasteiger partial charge in [0.25, 0.3) is 0 Å². The maximum absolute atomic E-state index is 12.5. The minimum Gasteiger partial charge on any atom is -0.480 e. The van der Waals surface area contributed by atoms with E-state index in [0.717, 1.165) is 38.5 Å². The number of hydrogen-bond acceptors (Lipinski definition) is 5. The highest BCUT2D eigenvalue weighted by molar-refractivity contribution is 5.72. The third kappa shape index (κ3) is 4.32. The van der Waals surface area contributed by atoms with Crippen LogP contribution >= 0.6 is 0 Å². The lowest BCUT2D eigenvalue weighted by atomic mass is 9.32. The zero-order chi connectivity index (χ0) is 29.3. The third-order valence-corrected chi connectivity index (χ3v) is 14.2. The second-order valence-electron chi connectivity index (χ2n) is 16.0. The second-order valence-corrected chi connectivity index (χ2v) is 16.0. The van der Waals surface area contributed by atoms with Crippen LogP contribution in [0.4, 0.5) is 0 Å². The fraction of sp³-hybridized carbons (Fsp3) is 0.882. The van der Waals surface area contributed by atoms with Crippen molar-refractivity contribution in [3.05, 3.63) is 12.2 Å².